The lowest BCUT2D eigenvalue weighted by Gasteiger charge is -2.17. The van der Waals surface area contributed by atoms with Crippen molar-refractivity contribution in [3.8, 4) is 0 Å². The third kappa shape index (κ3) is 13.4. The van der Waals surface area contributed by atoms with Crippen molar-refractivity contribution in [1.29, 1.82) is 0 Å². The highest BCUT2D eigenvalue weighted by Crippen LogP contribution is 2.13. The first-order valence-electron chi connectivity index (χ1n) is 12.1. The Balaban J connectivity index is 1.90. The number of carbonyl (C=O) groups is 2. The Labute approximate surface area is 184 Å². The van der Waals surface area contributed by atoms with Crippen molar-refractivity contribution >= 4 is 11.9 Å². The minimum atomic E-state index is -0.154. The first-order chi connectivity index (χ1) is 14.6. The van der Waals surface area contributed by atoms with Gasteiger partial charge in [0.2, 0.25) is 0 Å². The molecule has 0 aromatic heterocycles. The zero-order chi connectivity index (χ0) is 21.9. The predicted molar refractivity (Wildman–Crippen MR) is 125 cm³/mol. The molecular formula is C26H43NO3. The van der Waals surface area contributed by atoms with Crippen LogP contribution in [-0.2, 0) is 9.53 Å². The van der Waals surface area contributed by atoms with Crippen LogP contribution in [0.1, 0.15) is 107 Å². The molecule has 0 spiro atoms. The maximum Gasteiger partial charge on any atom is 0.305 e. The zero-order valence-electron chi connectivity index (χ0n) is 19.4. The minimum absolute atomic E-state index is 0.0526. The van der Waals surface area contributed by atoms with E-state index in [1.54, 1.807) is 24.1 Å². The molecule has 1 rings (SSSR count). The largest absolute Gasteiger partial charge is 0.464 e. The van der Waals surface area contributed by atoms with Gasteiger partial charge in [-0.2, -0.15) is 0 Å². The van der Waals surface area contributed by atoms with Gasteiger partial charge in [0, 0.05) is 19.0 Å². The molecule has 0 unspecified atom stereocenters. The van der Waals surface area contributed by atoms with E-state index in [1.807, 2.05) is 18.2 Å². The lowest BCUT2D eigenvalue weighted by atomic mass is 10.0. The second kappa shape index (κ2) is 18.0. The molecule has 0 heterocycles. The van der Waals surface area contributed by atoms with Gasteiger partial charge in [0.15, 0.2) is 0 Å². The third-order valence-corrected chi connectivity index (χ3v) is 5.54. The Morgan fingerprint density at radius 2 is 1.27 bits per heavy atom. The van der Waals surface area contributed by atoms with Crippen LogP contribution in [0.5, 0.6) is 0 Å². The SMILES string of the molecule is CCCCCCCCCCCCCCCC(=O)OCCN(C)C(=O)c1ccccc1. The molecule has 0 saturated heterocycles. The van der Waals surface area contributed by atoms with Gasteiger partial charge in [-0.25, -0.2) is 0 Å². The van der Waals surface area contributed by atoms with Crippen LogP contribution in [0.2, 0.25) is 0 Å². The molecule has 0 bridgehead atoms. The molecule has 4 nitrogen and oxygen atoms in total. The van der Waals surface area contributed by atoms with Gasteiger partial charge < -0.3 is 9.64 Å². The molecule has 0 radical (unpaired) electrons. The number of likely N-dealkylation sites (N-methyl/N-ethyl adjacent to an activating group) is 1. The predicted octanol–water partition coefficient (Wildman–Crippen LogP) is 6.78. The normalized spacial score (nSPS) is 10.7. The molecule has 0 aliphatic heterocycles. The summed E-state index contributed by atoms with van der Waals surface area (Å²) in [6.45, 7) is 2.93. The Hall–Kier alpha value is -1.84. The van der Waals surface area contributed by atoms with Crippen molar-refractivity contribution < 1.29 is 14.3 Å². The van der Waals surface area contributed by atoms with Crippen molar-refractivity contribution in [3.63, 3.8) is 0 Å². The van der Waals surface area contributed by atoms with E-state index in [9.17, 15) is 9.59 Å². The molecule has 1 aromatic rings. The standard InChI is InChI=1S/C26H43NO3/c1-3-4-5-6-7-8-9-10-11-12-13-14-18-21-25(28)30-23-22-27(2)26(29)24-19-16-15-17-20-24/h15-17,19-20H,3-14,18,21-23H2,1-2H3. The Morgan fingerprint density at radius 1 is 0.767 bits per heavy atom. The van der Waals surface area contributed by atoms with Crippen LogP contribution in [0.25, 0.3) is 0 Å². The first kappa shape index (κ1) is 26.2. The van der Waals surface area contributed by atoms with E-state index in [2.05, 4.69) is 6.92 Å². The van der Waals surface area contributed by atoms with E-state index in [1.165, 1.54) is 70.6 Å². The fraction of sp³-hybridized carbons (Fsp3) is 0.692. The zero-order valence-corrected chi connectivity index (χ0v) is 19.4. The first-order valence-corrected chi connectivity index (χ1v) is 12.1. The second-order valence-corrected chi connectivity index (χ2v) is 8.31. The molecule has 0 fully saturated rings. The summed E-state index contributed by atoms with van der Waals surface area (Å²) in [5.41, 5.74) is 0.651. The number of hydrogen-bond donors (Lipinski definition) is 0. The Morgan fingerprint density at radius 3 is 1.80 bits per heavy atom. The topological polar surface area (TPSA) is 46.6 Å². The quantitative estimate of drug-likeness (QED) is 0.195. The summed E-state index contributed by atoms with van der Waals surface area (Å²) in [6.07, 6.45) is 17.3. The highest BCUT2D eigenvalue weighted by atomic mass is 16.5. The van der Waals surface area contributed by atoms with Crippen LogP contribution in [0.3, 0.4) is 0 Å². The number of unbranched alkanes of at least 4 members (excludes halogenated alkanes) is 12. The van der Waals surface area contributed by atoms with E-state index >= 15 is 0 Å². The molecule has 0 aliphatic rings. The molecule has 0 N–H and O–H groups in total. The summed E-state index contributed by atoms with van der Waals surface area (Å²) < 4.78 is 5.27. The molecule has 1 amide bonds. The van der Waals surface area contributed by atoms with Gasteiger partial charge in [-0.15, -0.1) is 0 Å². The summed E-state index contributed by atoms with van der Waals surface area (Å²) in [4.78, 5) is 25.6. The number of benzene rings is 1. The summed E-state index contributed by atoms with van der Waals surface area (Å²) in [7, 11) is 1.73. The summed E-state index contributed by atoms with van der Waals surface area (Å²) >= 11 is 0. The second-order valence-electron chi connectivity index (χ2n) is 8.31. The highest BCUT2D eigenvalue weighted by molar-refractivity contribution is 5.93. The van der Waals surface area contributed by atoms with E-state index in [4.69, 9.17) is 4.74 Å². The van der Waals surface area contributed by atoms with Crippen molar-refractivity contribution in [3.05, 3.63) is 35.9 Å². The molecule has 0 aliphatic carbocycles. The average Bonchev–Trinajstić information content (AvgIpc) is 2.77. The van der Waals surface area contributed by atoms with Gasteiger partial charge >= 0.3 is 5.97 Å². The number of amides is 1. The Bertz CT molecular complexity index is 559. The van der Waals surface area contributed by atoms with Crippen LogP contribution in [0, 0.1) is 0 Å². The minimum Gasteiger partial charge on any atom is -0.464 e. The Kier molecular flexibility index (Phi) is 15.7. The number of esters is 1. The number of nitrogens with zero attached hydrogens (tertiary/aromatic N) is 1. The fourth-order valence-corrected chi connectivity index (χ4v) is 3.56. The molecule has 4 heteroatoms. The fourth-order valence-electron chi connectivity index (χ4n) is 3.56. The molecule has 1 aromatic carbocycles. The van der Waals surface area contributed by atoms with E-state index < -0.39 is 0 Å². The highest BCUT2D eigenvalue weighted by Gasteiger charge is 2.11. The van der Waals surface area contributed by atoms with Crippen molar-refractivity contribution in [1.82, 2.24) is 4.90 Å². The van der Waals surface area contributed by atoms with Crippen LogP contribution in [0.15, 0.2) is 30.3 Å². The lowest BCUT2D eigenvalue weighted by Crippen LogP contribution is -2.30. The summed E-state index contributed by atoms with van der Waals surface area (Å²) in [5.74, 6) is -0.207. The van der Waals surface area contributed by atoms with Crippen LogP contribution < -0.4 is 0 Å². The van der Waals surface area contributed by atoms with Crippen LogP contribution in [0.4, 0.5) is 0 Å². The van der Waals surface area contributed by atoms with Gasteiger partial charge in [-0.05, 0) is 18.6 Å². The van der Waals surface area contributed by atoms with Gasteiger partial charge in [0.1, 0.15) is 6.61 Å². The van der Waals surface area contributed by atoms with Crippen LogP contribution in [-0.4, -0.2) is 37.0 Å². The van der Waals surface area contributed by atoms with Gasteiger partial charge in [0.05, 0.1) is 6.54 Å². The van der Waals surface area contributed by atoms with Gasteiger partial charge in [0.25, 0.3) is 5.91 Å². The number of ether oxygens (including phenoxy) is 1. The van der Waals surface area contributed by atoms with Crippen molar-refractivity contribution in [2.75, 3.05) is 20.2 Å². The third-order valence-electron chi connectivity index (χ3n) is 5.54. The van der Waals surface area contributed by atoms with Crippen LogP contribution >= 0.6 is 0 Å². The van der Waals surface area contributed by atoms with E-state index in [-0.39, 0.29) is 18.5 Å². The number of carbonyl (C=O) groups excluding carboxylic acids is 2. The summed E-state index contributed by atoms with van der Waals surface area (Å²) in [6, 6.07) is 9.15. The number of rotatable bonds is 18. The van der Waals surface area contributed by atoms with Gasteiger partial charge in [-0.3, -0.25) is 9.59 Å². The van der Waals surface area contributed by atoms with E-state index in [0.29, 0.717) is 18.5 Å². The van der Waals surface area contributed by atoms with Crippen molar-refractivity contribution in [2.45, 2.75) is 96.8 Å². The number of hydrogen-bond acceptors (Lipinski definition) is 3. The maximum absolute atomic E-state index is 12.2. The monoisotopic (exact) mass is 417 g/mol. The molecule has 170 valence electrons. The molecular weight excluding hydrogens is 374 g/mol. The van der Waals surface area contributed by atoms with Gasteiger partial charge in [-0.1, -0.05) is 102 Å². The molecule has 30 heavy (non-hydrogen) atoms. The van der Waals surface area contributed by atoms with E-state index in [0.717, 1.165) is 12.8 Å². The molecule has 0 saturated carbocycles. The lowest BCUT2D eigenvalue weighted by molar-refractivity contribution is -0.144. The van der Waals surface area contributed by atoms with Crippen molar-refractivity contribution in [2.24, 2.45) is 0 Å². The average molecular weight is 418 g/mol. The maximum atomic E-state index is 12.2. The smallest absolute Gasteiger partial charge is 0.305 e. The summed E-state index contributed by atoms with van der Waals surface area (Å²) in [5, 5.41) is 0. The molecule has 0 atom stereocenters.